The Morgan fingerprint density at radius 3 is 2.80 bits per heavy atom. The summed E-state index contributed by atoms with van der Waals surface area (Å²) in [6.45, 7) is 4.16. The van der Waals surface area contributed by atoms with Gasteiger partial charge in [0.25, 0.3) is 0 Å². The molecule has 15 heavy (non-hydrogen) atoms. The number of amides is 1. The van der Waals surface area contributed by atoms with Crippen molar-refractivity contribution in [3.05, 3.63) is 0 Å². The molecule has 3 nitrogen and oxygen atoms in total. The fourth-order valence-corrected chi connectivity index (χ4v) is 2.35. The molecule has 86 valence electrons. The molecule has 1 heterocycles. The summed E-state index contributed by atoms with van der Waals surface area (Å²) in [5.41, 5.74) is 0. The Labute approximate surface area is 92.2 Å². The van der Waals surface area contributed by atoms with Crippen LogP contribution in [0.1, 0.15) is 45.4 Å². The topological polar surface area (TPSA) is 32.3 Å². The molecule has 0 spiro atoms. The Kier molecular flexibility index (Phi) is 3.62. The highest BCUT2D eigenvalue weighted by Gasteiger charge is 2.22. The van der Waals surface area contributed by atoms with Gasteiger partial charge >= 0.3 is 0 Å². The predicted molar refractivity (Wildman–Crippen MR) is 60.7 cm³/mol. The summed E-state index contributed by atoms with van der Waals surface area (Å²) in [7, 11) is 0. The van der Waals surface area contributed by atoms with Crippen molar-refractivity contribution >= 4 is 5.91 Å². The molecular weight excluding hydrogens is 188 g/mol. The van der Waals surface area contributed by atoms with Crippen molar-refractivity contribution in [3.8, 4) is 0 Å². The minimum atomic E-state index is 0.353. The van der Waals surface area contributed by atoms with Gasteiger partial charge in [-0.15, -0.1) is 0 Å². The third kappa shape index (κ3) is 2.94. The standard InChI is InChI=1S/C12H22N2O/c1-10(13-11-4-2-5-11)7-9-14-8-3-6-12(14)15/h10-11,13H,2-9H2,1H3. The fourth-order valence-electron chi connectivity index (χ4n) is 2.35. The lowest BCUT2D eigenvalue weighted by Crippen LogP contribution is -2.42. The number of nitrogens with zero attached hydrogens (tertiary/aromatic N) is 1. The van der Waals surface area contributed by atoms with Crippen LogP contribution in [0.3, 0.4) is 0 Å². The molecule has 2 fully saturated rings. The van der Waals surface area contributed by atoms with E-state index in [1.54, 1.807) is 0 Å². The SMILES string of the molecule is CC(CCN1CCCC1=O)NC1CCC1. The van der Waals surface area contributed by atoms with Crippen LogP contribution in [-0.4, -0.2) is 36.0 Å². The van der Waals surface area contributed by atoms with Gasteiger partial charge in [-0.05, 0) is 32.6 Å². The molecule has 1 N–H and O–H groups in total. The molecule has 0 aromatic rings. The van der Waals surface area contributed by atoms with Crippen molar-refractivity contribution in [2.75, 3.05) is 13.1 Å². The molecule has 0 aromatic heterocycles. The number of nitrogens with one attached hydrogen (secondary N) is 1. The van der Waals surface area contributed by atoms with E-state index in [1.807, 2.05) is 4.90 Å². The number of hydrogen-bond donors (Lipinski definition) is 1. The van der Waals surface area contributed by atoms with E-state index in [-0.39, 0.29) is 0 Å². The summed E-state index contributed by atoms with van der Waals surface area (Å²) < 4.78 is 0. The van der Waals surface area contributed by atoms with E-state index in [0.717, 1.165) is 38.4 Å². The van der Waals surface area contributed by atoms with E-state index < -0.39 is 0 Å². The molecule has 0 aromatic carbocycles. The summed E-state index contributed by atoms with van der Waals surface area (Å²) in [5, 5.41) is 3.62. The highest BCUT2D eigenvalue weighted by Crippen LogP contribution is 2.19. The lowest BCUT2D eigenvalue weighted by molar-refractivity contribution is -0.127. The molecule has 2 aliphatic rings. The van der Waals surface area contributed by atoms with Crippen LogP contribution in [0, 0.1) is 0 Å². The van der Waals surface area contributed by atoms with E-state index >= 15 is 0 Å². The molecule has 1 atom stereocenters. The summed E-state index contributed by atoms with van der Waals surface area (Å²) in [6.07, 6.45) is 6.99. The summed E-state index contributed by atoms with van der Waals surface area (Å²) >= 11 is 0. The zero-order valence-electron chi connectivity index (χ0n) is 9.67. The zero-order chi connectivity index (χ0) is 10.7. The van der Waals surface area contributed by atoms with Crippen molar-refractivity contribution in [2.45, 2.75) is 57.5 Å². The number of carbonyl (C=O) groups is 1. The van der Waals surface area contributed by atoms with Crippen LogP contribution >= 0.6 is 0 Å². The van der Waals surface area contributed by atoms with E-state index in [1.165, 1.54) is 19.3 Å². The quantitative estimate of drug-likeness (QED) is 0.746. The van der Waals surface area contributed by atoms with Gasteiger partial charge < -0.3 is 10.2 Å². The second-order valence-electron chi connectivity index (χ2n) is 4.97. The molecule has 1 aliphatic heterocycles. The first-order chi connectivity index (χ1) is 7.25. The Morgan fingerprint density at radius 1 is 1.47 bits per heavy atom. The van der Waals surface area contributed by atoms with E-state index in [2.05, 4.69) is 12.2 Å². The van der Waals surface area contributed by atoms with Gasteiger partial charge in [0.1, 0.15) is 0 Å². The highest BCUT2D eigenvalue weighted by molar-refractivity contribution is 5.77. The minimum Gasteiger partial charge on any atom is -0.343 e. The fraction of sp³-hybridized carbons (Fsp3) is 0.917. The lowest BCUT2D eigenvalue weighted by atomic mass is 9.92. The second-order valence-corrected chi connectivity index (χ2v) is 4.97. The number of carbonyl (C=O) groups excluding carboxylic acids is 1. The Bertz CT molecular complexity index is 226. The molecule has 1 aliphatic carbocycles. The second kappa shape index (κ2) is 4.97. The van der Waals surface area contributed by atoms with Crippen LogP contribution in [0.2, 0.25) is 0 Å². The predicted octanol–water partition coefficient (Wildman–Crippen LogP) is 1.53. The Hall–Kier alpha value is -0.570. The van der Waals surface area contributed by atoms with Gasteiger partial charge in [-0.1, -0.05) is 6.42 Å². The summed E-state index contributed by atoms with van der Waals surface area (Å²) in [5.74, 6) is 0.353. The van der Waals surface area contributed by atoms with Crippen LogP contribution in [0.15, 0.2) is 0 Å². The normalized spacial score (nSPS) is 24.3. The summed E-state index contributed by atoms with van der Waals surface area (Å²) in [4.78, 5) is 13.4. The maximum Gasteiger partial charge on any atom is 0.222 e. The van der Waals surface area contributed by atoms with E-state index in [9.17, 15) is 4.79 Å². The van der Waals surface area contributed by atoms with Gasteiger partial charge in [-0.25, -0.2) is 0 Å². The van der Waals surface area contributed by atoms with E-state index in [4.69, 9.17) is 0 Å². The van der Waals surface area contributed by atoms with Gasteiger partial charge in [0.2, 0.25) is 5.91 Å². The van der Waals surface area contributed by atoms with Gasteiger partial charge in [0.15, 0.2) is 0 Å². The summed E-state index contributed by atoms with van der Waals surface area (Å²) in [6, 6.07) is 1.32. The van der Waals surface area contributed by atoms with Crippen molar-refractivity contribution in [1.82, 2.24) is 10.2 Å². The van der Waals surface area contributed by atoms with Crippen molar-refractivity contribution in [2.24, 2.45) is 0 Å². The molecule has 0 radical (unpaired) electrons. The van der Waals surface area contributed by atoms with Crippen molar-refractivity contribution in [3.63, 3.8) is 0 Å². The molecular formula is C12H22N2O. The van der Waals surface area contributed by atoms with Crippen molar-refractivity contribution < 1.29 is 4.79 Å². The van der Waals surface area contributed by atoms with E-state index in [0.29, 0.717) is 11.9 Å². The molecule has 1 saturated carbocycles. The van der Waals surface area contributed by atoms with Gasteiger partial charge in [0.05, 0.1) is 0 Å². The average molecular weight is 210 g/mol. The lowest BCUT2D eigenvalue weighted by Gasteiger charge is -2.30. The number of hydrogen-bond acceptors (Lipinski definition) is 2. The van der Waals surface area contributed by atoms with Crippen LogP contribution in [-0.2, 0) is 4.79 Å². The third-order valence-corrected chi connectivity index (χ3v) is 3.63. The first-order valence-corrected chi connectivity index (χ1v) is 6.29. The maximum atomic E-state index is 11.4. The van der Waals surface area contributed by atoms with Gasteiger partial charge in [-0.2, -0.15) is 0 Å². The van der Waals surface area contributed by atoms with Crippen LogP contribution in [0.4, 0.5) is 0 Å². The zero-order valence-corrected chi connectivity index (χ0v) is 9.67. The van der Waals surface area contributed by atoms with Crippen LogP contribution in [0.5, 0.6) is 0 Å². The molecule has 1 saturated heterocycles. The number of rotatable bonds is 5. The third-order valence-electron chi connectivity index (χ3n) is 3.63. The molecule has 0 bridgehead atoms. The first kappa shape index (κ1) is 10.9. The minimum absolute atomic E-state index is 0.353. The molecule has 2 rings (SSSR count). The van der Waals surface area contributed by atoms with Gasteiger partial charge in [-0.3, -0.25) is 4.79 Å². The Morgan fingerprint density at radius 2 is 2.27 bits per heavy atom. The number of likely N-dealkylation sites (tertiary alicyclic amines) is 1. The molecule has 3 heteroatoms. The monoisotopic (exact) mass is 210 g/mol. The highest BCUT2D eigenvalue weighted by atomic mass is 16.2. The average Bonchev–Trinajstić information content (AvgIpc) is 2.55. The largest absolute Gasteiger partial charge is 0.343 e. The smallest absolute Gasteiger partial charge is 0.222 e. The van der Waals surface area contributed by atoms with Gasteiger partial charge in [0, 0.05) is 31.6 Å². The molecule has 1 amide bonds. The Balaban J connectivity index is 1.61. The maximum absolute atomic E-state index is 11.4. The van der Waals surface area contributed by atoms with Crippen molar-refractivity contribution in [1.29, 1.82) is 0 Å². The van der Waals surface area contributed by atoms with Crippen LogP contribution < -0.4 is 5.32 Å². The molecule has 1 unspecified atom stereocenters. The first-order valence-electron chi connectivity index (χ1n) is 6.29. The van der Waals surface area contributed by atoms with Crippen LogP contribution in [0.25, 0.3) is 0 Å².